The summed E-state index contributed by atoms with van der Waals surface area (Å²) >= 11 is 4.94. The van der Waals surface area contributed by atoms with Gasteiger partial charge in [0, 0.05) is 25.5 Å². The number of nitrogens with one attached hydrogen (secondary N) is 2. The van der Waals surface area contributed by atoms with Crippen LogP contribution in [-0.4, -0.2) is 25.4 Å². The maximum Gasteiger partial charge on any atom is 0.186 e. The van der Waals surface area contributed by atoms with E-state index < -0.39 is 0 Å². The van der Waals surface area contributed by atoms with Crippen LogP contribution in [0.3, 0.4) is 0 Å². The van der Waals surface area contributed by atoms with E-state index in [1.54, 1.807) is 13.3 Å². The van der Waals surface area contributed by atoms with Crippen LogP contribution in [0.4, 0.5) is 11.4 Å². The molecule has 0 saturated heterocycles. The minimum Gasteiger partial charge on any atom is -0.364 e. The standard InChI is InChI=1S/C16H18N4S/c1-17-16(21)19-18-12-13-8-10-15(11-9-13)20(2)14-6-4-3-5-7-14/h3-12H,1-2H3,(H2,17,19,21). The SMILES string of the molecule is CNC(=S)NN=Cc1ccc(N(C)c2ccccc2)cc1. The van der Waals surface area contributed by atoms with Gasteiger partial charge in [-0.05, 0) is 42.0 Å². The van der Waals surface area contributed by atoms with Crippen molar-refractivity contribution in [2.45, 2.75) is 0 Å². The molecule has 5 heteroatoms. The highest BCUT2D eigenvalue weighted by Crippen LogP contribution is 2.22. The Morgan fingerprint density at radius 2 is 1.67 bits per heavy atom. The molecule has 0 aliphatic heterocycles. The topological polar surface area (TPSA) is 39.7 Å². The van der Waals surface area contributed by atoms with Crippen molar-refractivity contribution in [2.24, 2.45) is 5.10 Å². The molecule has 0 bridgehead atoms. The second kappa shape index (κ2) is 7.40. The fourth-order valence-electron chi connectivity index (χ4n) is 1.81. The van der Waals surface area contributed by atoms with Gasteiger partial charge in [-0.2, -0.15) is 5.10 Å². The van der Waals surface area contributed by atoms with Crippen LogP contribution in [0.15, 0.2) is 59.7 Å². The molecule has 0 fully saturated rings. The molecule has 4 nitrogen and oxygen atoms in total. The number of para-hydroxylation sites is 1. The van der Waals surface area contributed by atoms with E-state index in [1.807, 2.05) is 37.4 Å². The quantitative estimate of drug-likeness (QED) is 0.517. The van der Waals surface area contributed by atoms with E-state index >= 15 is 0 Å². The second-order valence-electron chi connectivity index (χ2n) is 4.44. The molecular weight excluding hydrogens is 280 g/mol. The monoisotopic (exact) mass is 298 g/mol. The Morgan fingerprint density at radius 1 is 1.05 bits per heavy atom. The molecule has 0 amide bonds. The van der Waals surface area contributed by atoms with E-state index in [2.05, 4.69) is 45.0 Å². The normalized spacial score (nSPS) is 10.4. The predicted molar refractivity (Wildman–Crippen MR) is 93.3 cm³/mol. The van der Waals surface area contributed by atoms with Crippen molar-refractivity contribution in [2.75, 3.05) is 19.0 Å². The summed E-state index contributed by atoms with van der Waals surface area (Å²) in [4.78, 5) is 2.13. The Balaban J connectivity index is 2.03. The van der Waals surface area contributed by atoms with Crippen molar-refractivity contribution >= 4 is 34.9 Å². The van der Waals surface area contributed by atoms with Crippen molar-refractivity contribution in [3.05, 3.63) is 60.2 Å². The Morgan fingerprint density at radius 3 is 2.29 bits per heavy atom. The third-order valence-electron chi connectivity index (χ3n) is 3.03. The van der Waals surface area contributed by atoms with E-state index in [0.717, 1.165) is 16.9 Å². The minimum atomic E-state index is 0.492. The van der Waals surface area contributed by atoms with Crippen molar-refractivity contribution in [3.63, 3.8) is 0 Å². The fourth-order valence-corrected chi connectivity index (χ4v) is 1.86. The zero-order valence-electron chi connectivity index (χ0n) is 12.1. The number of rotatable bonds is 4. The Labute approximate surface area is 130 Å². The first-order valence-electron chi connectivity index (χ1n) is 6.60. The fraction of sp³-hybridized carbons (Fsp3) is 0.125. The lowest BCUT2D eigenvalue weighted by atomic mass is 10.2. The van der Waals surface area contributed by atoms with E-state index in [-0.39, 0.29) is 0 Å². The lowest BCUT2D eigenvalue weighted by Crippen LogP contribution is -2.28. The number of hydrogen-bond acceptors (Lipinski definition) is 3. The summed E-state index contributed by atoms with van der Waals surface area (Å²) in [7, 11) is 3.80. The van der Waals surface area contributed by atoms with Crippen LogP contribution >= 0.6 is 12.2 Å². The zero-order valence-corrected chi connectivity index (χ0v) is 12.9. The summed E-state index contributed by atoms with van der Waals surface area (Å²) < 4.78 is 0. The van der Waals surface area contributed by atoms with Gasteiger partial charge in [0.1, 0.15) is 0 Å². The molecule has 2 aromatic rings. The van der Waals surface area contributed by atoms with Gasteiger partial charge < -0.3 is 10.2 Å². The van der Waals surface area contributed by atoms with Crippen LogP contribution in [-0.2, 0) is 0 Å². The molecule has 0 aliphatic carbocycles. The largest absolute Gasteiger partial charge is 0.364 e. The van der Waals surface area contributed by atoms with Crippen LogP contribution in [0.25, 0.3) is 0 Å². The molecule has 0 aromatic heterocycles. The Kier molecular flexibility index (Phi) is 5.29. The molecule has 0 saturated carbocycles. The van der Waals surface area contributed by atoms with Gasteiger partial charge in [-0.3, -0.25) is 5.43 Å². The van der Waals surface area contributed by atoms with E-state index in [9.17, 15) is 0 Å². The van der Waals surface area contributed by atoms with Crippen LogP contribution in [0.1, 0.15) is 5.56 Å². The van der Waals surface area contributed by atoms with E-state index in [4.69, 9.17) is 12.2 Å². The number of hydrogen-bond donors (Lipinski definition) is 2. The highest BCUT2D eigenvalue weighted by Gasteiger charge is 2.02. The highest BCUT2D eigenvalue weighted by molar-refractivity contribution is 7.80. The second-order valence-corrected chi connectivity index (χ2v) is 4.84. The Bertz CT molecular complexity index is 608. The van der Waals surface area contributed by atoms with Gasteiger partial charge >= 0.3 is 0 Å². The average molecular weight is 298 g/mol. The predicted octanol–water partition coefficient (Wildman–Crippen LogP) is 2.88. The lowest BCUT2D eigenvalue weighted by molar-refractivity contribution is 0.982. The van der Waals surface area contributed by atoms with Crippen molar-refractivity contribution < 1.29 is 0 Å². The maximum absolute atomic E-state index is 4.94. The highest BCUT2D eigenvalue weighted by atomic mass is 32.1. The van der Waals surface area contributed by atoms with Crippen LogP contribution in [0, 0.1) is 0 Å². The molecule has 2 N–H and O–H groups in total. The summed E-state index contributed by atoms with van der Waals surface area (Å²) in [6.45, 7) is 0. The first-order valence-corrected chi connectivity index (χ1v) is 7.01. The maximum atomic E-state index is 4.94. The van der Waals surface area contributed by atoms with Crippen LogP contribution in [0.2, 0.25) is 0 Å². The molecule has 2 rings (SSSR count). The van der Waals surface area contributed by atoms with Crippen molar-refractivity contribution in [3.8, 4) is 0 Å². The van der Waals surface area contributed by atoms with Gasteiger partial charge in [0.05, 0.1) is 6.21 Å². The number of hydrazone groups is 1. The third kappa shape index (κ3) is 4.29. The Hall–Kier alpha value is -2.40. The molecule has 21 heavy (non-hydrogen) atoms. The molecule has 0 spiro atoms. The van der Waals surface area contributed by atoms with Gasteiger partial charge in [0.25, 0.3) is 0 Å². The van der Waals surface area contributed by atoms with Crippen LogP contribution in [0.5, 0.6) is 0 Å². The summed E-state index contributed by atoms with van der Waals surface area (Å²) in [5, 5.41) is 7.34. The van der Waals surface area contributed by atoms with Gasteiger partial charge in [-0.1, -0.05) is 30.3 Å². The van der Waals surface area contributed by atoms with Crippen molar-refractivity contribution in [1.82, 2.24) is 10.7 Å². The van der Waals surface area contributed by atoms with Gasteiger partial charge in [-0.15, -0.1) is 0 Å². The minimum absolute atomic E-state index is 0.492. The first kappa shape index (κ1) is 15.0. The summed E-state index contributed by atoms with van der Waals surface area (Å²) in [5.74, 6) is 0. The molecule has 0 unspecified atom stereocenters. The van der Waals surface area contributed by atoms with Gasteiger partial charge in [-0.25, -0.2) is 0 Å². The number of thiocarbonyl (C=S) groups is 1. The molecule has 0 radical (unpaired) electrons. The zero-order chi connectivity index (χ0) is 15.1. The molecule has 108 valence electrons. The lowest BCUT2D eigenvalue weighted by Gasteiger charge is -2.19. The third-order valence-corrected chi connectivity index (χ3v) is 3.33. The smallest absolute Gasteiger partial charge is 0.186 e. The van der Waals surface area contributed by atoms with E-state index in [1.165, 1.54) is 0 Å². The average Bonchev–Trinajstić information content (AvgIpc) is 2.55. The summed E-state index contributed by atoms with van der Waals surface area (Å²) in [6.07, 6.45) is 1.73. The first-order chi connectivity index (χ1) is 10.2. The summed E-state index contributed by atoms with van der Waals surface area (Å²) in [5.41, 5.74) is 6.00. The number of anilines is 2. The van der Waals surface area contributed by atoms with Gasteiger partial charge in [0.2, 0.25) is 0 Å². The molecule has 0 heterocycles. The van der Waals surface area contributed by atoms with Crippen LogP contribution < -0.4 is 15.6 Å². The summed E-state index contributed by atoms with van der Waals surface area (Å²) in [6, 6.07) is 18.4. The number of nitrogens with zero attached hydrogens (tertiary/aromatic N) is 2. The van der Waals surface area contributed by atoms with Crippen molar-refractivity contribution in [1.29, 1.82) is 0 Å². The molecular formula is C16H18N4S. The van der Waals surface area contributed by atoms with E-state index in [0.29, 0.717) is 5.11 Å². The molecule has 0 aliphatic rings. The molecule has 0 atom stereocenters. The molecule has 2 aromatic carbocycles. The number of benzene rings is 2. The van der Waals surface area contributed by atoms with Gasteiger partial charge in [0.15, 0.2) is 5.11 Å².